The van der Waals surface area contributed by atoms with Crippen molar-refractivity contribution in [3.05, 3.63) is 0 Å². The van der Waals surface area contributed by atoms with Gasteiger partial charge in [-0.05, 0) is 24.3 Å². The average Bonchev–Trinajstić information content (AvgIpc) is 2.92. The van der Waals surface area contributed by atoms with Gasteiger partial charge in [0.15, 0.2) is 0 Å². The van der Waals surface area contributed by atoms with Crippen LogP contribution in [0.5, 0.6) is 0 Å². The van der Waals surface area contributed by atoms with Crippen LogP contribution in [0.15, 0.2) is 0 Å². The van der Waals surface area contributed by atoms with Crippen molar-refractivity contribution in [3.63, 3.8) is 0 Å². The number of nitrogens with two attached hydrogens (primary N) is 6. The first kappa shape index (κ1) is 69.6. The molecule has 0 atom stereocenters. The molecule has 0 aromatic carbocycles. The summed E-state index contributed by atoms with van der Waals surface area (Å²) in [6.45, 7) is 4.60. The Morgan fingerprint density at radius 2 is 0.460 bits per heavy atom. The van der Waals surface area contributed by atoms with Gasteiger partial charge < -0.3 is 183 Å². The minimum absolute atomic E-state index is 0. The third-order valence-electron chi connectivity index (χ3n) is 5.28. The van der Waals surface area contributed by atoms with Crippen molar-refractivity contribution in [2.75, 3.05) is 11.5 Å². The molecular weight excluding hydrogens is 957 g/mol. The van der Waals surface area contributed by atoms with Crippen molar-refractivity contribution in [2.24, 2.45) is 34.4 Å². The molecule has 6 nitrogen and oxygen atoms in total. The minimum Gasteiger partial charge on any atom is -0.415 e. The van der Waals surface area contributed by atoms with Gasteiger partial charge in [0.05, 0.1) is 0 Å². The van der Waals surface area contributed by atoms with E-state index in [-0.39, 0.29) is 47.0 Å². The summed E-state index contributed by atoms with van der Waals surface area (Å²) in [6.07, 6.45) is 29.2. The third kappa shape index (κ3) is 210. The fraction of sp³-hybridized carbons (Fsp3) is 0.800. The molecule has 0 radical (unpaired) electrons. The molecule has 0 spiro atoms. The fourth-order valence-electron chi connectivity index (χ4n) is 3.49. The van der Waals surface area contributed by atoms with Crippen LogP contribution in [0.1, 0.15) is 142 Å². The van der Waals surface area contributed by atoms with Crippen LogP contribution in [0.2, 0.25) is 0 Å². The Balaban J connectivity index is -0.0000000946. The molecule has 50 heavy (non-hydrogen) atoms. The van der Waals surface area contributed by atoms with Crippen LogP contribution >= 0.6 is 85.1 Å². The Hall–Kier alpha value is 1.70. The standard InChI is InChI=1S/C24H50S.6CH3NS2.Mo/c1-3-5-7-9-11-13-15-17-19-21-23-25-24-22-20-18-16-14-12-10-8-6-4-2;6*2-1(3)4;/h3-24H2,1-2H3;6*(H3,2,3,4);/p-6. The predicted octanol–water partition coefficient (Wildman–Crippen LogP) is 8.22. The van der Waals surface area contributed by atoms with Crippen LogP contribution in [-0.4, -0.2) is 37.4 Å². The molecule has 12 N–H and O–H groups in total. The van der Waals surface area contributed by atoms with Crippen molar-refractivity contribution >= 4 is 187 Å². The number of rotatable bonds is 22. The molecule has 0 aromatic rings. The Bertz CT molecular complexity index is 602. The monoisotopic (exact) mass is 1020 g/mol. The van der Waals surface area contributed by atoms with Crippen LogP contribution < -0.4 is 34.4 Å². The summed E-state index contributed by atoms with van der Waals surface area (Å²) in [7, 11) is 0. The van der Waals surface area contributed by atoms with Crippen molar-refractivity contribution in [1.82, 2.24) is 0 Å². The van der Waals surface area contributed by atoms with Gasteiger partial charge in [0.1, 0.15) is 0 Å². The summed E-state index contributed by atoms with van der Waals surface area (Å²) in [5.74, 6) is 2.82. The van der Waals surface area contributed by atoms with Crippen LogP contribution in [0.3, 0.4) is 0 Å². The number of thioether (sulfide) groups is 1. The molecule has 0 aliphatic carbocycles. The van der Waals surface area contributed by atoms with E-state index in [0.717, 1.165) is 0 Å². The Labute approximate surface area is 391 Å². The molecule has 0 heterocycles. The number of unbranched alkanes of at least 4 members (excludes halogenated alkanes) is 18. The zero-order valence-electron chi connectivity index (χ0n) is 29.7. The van der Waals surface area contributed by atoms with E-state index in [1.54, 1.807) is 0 Å². The SMILES string of the molecule is CCCCCCCCCCCCSCCCCCCCCCCCC.NC(=S)[S-].NC(=S)[S-].NC(=S)[S-].NC(=S)[S-].NC(=S)[S-].NC(=S)[S-].[Mo]. The maximum atomic E-state index is 4.66. The maximum absolute atomic E-state index is 4.66. The Morgan fingerprint density at radius 1 is 0.340 bits per heavy atom. The van der Waals surface area contributed by atoms with Gasteiger partial charge in [-0.1, -0.05) is 155 Å². The molecule has 0 saturated carbocycles. The van der Waals surface area contributed by atoms with Crippen LogP contribution in [0.25, 0.3) is 0 Å². The summed E-state index contributed by atoms with van der Waals surface area (Å²) < 4.78 is 0.500. The molecule has 0 rings (SSSR count). The molecule has 302 valence electrons. The van der Waals surface area contributed by atoms with Crippen LogP contribution in [-0.2, 0) is 96.8 Å². The van der Waals surface area contributed by atoms with E-state index in [0.29, 0.717) is 0 Å². The molecule has 0 fully saturated rings. The summed E-state index contributed by atoms with van der Waals surface area (Å²) in [4.78, 5) is 0. The van der Waals surface area contributed by atoms with E-state index in [1.807, 2.05) is 0 Å². The number of thiocarbonyl (C=S) groups is 6. The first-order chi connectivity index (χ1) is 22.8. The Morgan fingerprint density at radius 3 is 0.600 bits per heavy atom. The maximum Gasteiger partial charge on any atom is 0 e. The molecule has 0 amide bonds. The first-order valence-electron chi connectivity index (χ1n) is 16.2. The molecular formula is C30H62MoN6S13-6. The van der Waals surface area contributed by atoms with Gasteiger partial charge in [-0.25, -0.2) is 0 Å². The smallest absolute Gasteiger partial charge is 0 e. The summed E-state index contributed by atoms with van der Waals surface area (Å²) >= 11 is 51.8. The largest absolute Gasteiger partial charge is 0.415 e. The van der Waals surface area contributed by atoms with Gasteiger partial charge >= 0.3 is 0 Å². The second-order valence-electron chi connectivity index (χ2n) is 9.89. The normalized spacial score (nSPS) is 8.52. The zero-order chi connectivity index (χ0) is 39.7. The molecule has 0 aromatic heterocycles. The zero-order valence-corrected chi connectivity index (χ0v) is 42.4. The van der Waals surface area contributed by atoms with Gasteiger partial charge in [-0.2, -0.15) is 11.8 Å². The first-order valence-corrected chi connectivity index (χ1v) is 22.2. The fourth-order valence-corrected chi connectivity index (χ4v) is 4.51. The minimum atomic E-state index is 0. The van der Waals surface area contributed by atoms with Crippen molar-refractivity contribution in [1.29, 1.82) is 0 Å². The van der Waals surface area contributed by atoms with E-state index in [1.165, 1.54) is 140 Å². The van der Waals surface area contributed by atoms with E-state index in [4.69, 9.17) is 0 Å². The van der Waals surface area contributed by atoms with Crippen molar-refractivity contribution in [2.45, 2.75) is 142 Å². The van der Waals surface area contributed by atoms with E-state index in [2.05, 4.69) is 209 Å². The second kappa shape index (κ2) is 68.7. The van der Waals surface area contributed by atoms with E-state index < -0.39 is 0 Å². The van der Waals surface area contributed by atoms with Gasteiger partial charge in [0.25, 0.3) is 0 Å². The van der Waals surface area contributed by atoms with Gasteiger partial charge in [0, 0.05) is 21.1 Å². The van der Waals surface area contributed by atoms with Crippen LogP contribution in [0, 0.1) is 0 Å². The Kier molecular flexibility index (Phi) is 95.6. The predicted molar refractivity (Wildman–Crippen MR) is 266 cm³/mol. The molecule has 0 saturated heterocycles. The van der Waals surface area contributed by atoms with Crippen LogP contribution in [0.4, 0.5) is 0 Å². The summed E-state index contributed by atoms with van der Waals surface area (Å²) in [5, 5.41) is 0. The average molecular weight is 1020 g/mol. The molecule has 20 heteroatoms. The summed E-state index contributed by atoms with van der Waals surface area (Å²) in [5.41, 5.74) is 27.9. The third-order valence-corrected chi connectivity index (χ3v) is 6.44. The topological polar surface area (TPSA) is 156 Å². The quantitative estimate of drug-likeness (QED) is 0.0267. The molecule has 0 bridgehead atoms. The molecule has 0 aliphatic rings. The van der Waals surface area contributed by atoms with Gasteiger partial charge in [-0.15, -0.1) is 0 Å². The summed E-state index contributed by atoms with van der Waals surface area (Å²) in [6, 6.07) is 0. The number of hydrogen-bond donors (Lipinski definition) is 6. The van der Waals surface area contributed by atoms with Gasteiger partial charge in [-0.3, -0.25) is 0 Å². The van der Waals surface area contributed by atoms with Crippen molar-refractivity contribution < 1.29 is 21.1 Å². The van der Waals surface area contributed by atoms with Gasteiger partial charge in [0.2, 0.25) is 0 Å². The molecule has 0 unspecified atom stereocenters. The second-order valence-corrected chi connectivity index (χ2v) is 17.9. The van der Waals surface area contributed by atoms with E-state index in [9.17, 15) is 0 Å². The molecule has 0 aliphatic heterocycles. The van der Waals surface area contributed by atoms with Crippen molar-refractivity contribution in [3.8, 4) is 0 Å². The van der Waals surface area contributed by atoms with E-state index >= 15 is 0 Å². The number of hydrogen-bond acceptors (Lipinski definition) is 13.